The molecule has 0 unspecified atom stereocenters. The highest BCUT2D eigenvalue weighted by molar-refractivity contribution is 6.33. The number of rotatable bonds is 3. The van der Waals surface area contributed by atoms with Crippen LogP contribution in [0.1, 0.15) is 23.1 Å². The fourth-order valence-corrected chi connectivity index (χ4v) is 2.82. The summed E-state index contributed by atoms with van der Waals surface area (Å²) >= 11 is 5.99. The van der Waals surface area contributed by atoms with Crippen molar-refractivity contribution >= 4 is 17.3 Å². The molecule has 0 saturated heterocycles. The maximum atomic E-state index is 13.6. The number of halogens is 2. The number of hydrogen-bond acceptors (Lipinski definition) is 1. The lowest BCUT2D eigenvalue weighted by molar-refractivity contribution is 0.630. The highest BCUT2D eigenvalue weighted by atomic mass is 35.5. The molecule has 1 aliphatic carbocycles. The number of anilines is 1. The lowest BCUT2D eigenvalue weighted by Gasteiger charge is -2.10. The van der Waals surface area contributed by atoms with Crippen molar-refractivity contribution < 1.29 is 4.39 Å². The Hall–Kier alpha value is -1.54. The van der Waals surface area contributed by atoms with E-state index in [-0.39, 0.29) is 5.82 Å². The van der Waals surface area contributed by atoms with E-state index in [1.54, 1.807) is 12.1 Å². The fraction of sp³-hybridized carbons (Fsp3) is 0.250. The molecule has 0 aromatic heterocycles. The summed E-state index contributed by atoms with van der Waals surface area (Å²) in [5.74, 6) is -0.311. The van der Waals surface area contributed by atoms with Gasteiger partial charge in [-0.3, -0.25) is 0 Å². The smallest absolute Gasteiger partial charge is 0.147 e. The molecule has 3 heteroatoms. The van der Waals surface area contributed by atoms with Gasteiger partial charge in [-0.15, -0.1) is 0 Å². The SMILES string of the molecule is Fc1cccc(Cl)c1NCc1ccc2c(c1)CCC2. The highest BCUT2D eigenvalue weighted by Crippen LogP contribution is 2.26. The molecule has 2 aromatic carbocycles. The number of benzene rings is 2. The van der Waals surface area contributed by atoms with Crippen LogP contribution < -0.4 is 5.32 Å². The van der Waals surface area contributed by atoms with Gasteiger partial charge < -0.3 is 5.32 Å². The highest BCUT2D eigenvalue weighted by Gasteiger charge is 2.11. The third-order valence-corrected chi connectivity index (χ3v) is 3.91. The second kappa shape index (κ2) is 5.22. The third kappa shape index (κ3) is 2.59. The first-order valence-corrected chi connectivity index (χ1v) is 6.90. The van der Waals surface area contributed by atoms with Gasteiger partial charge in [-0.2, -0.15) is 0 Å². The number of para-hydroxylation sites is 1. The van der Waals surface area contributed by atoms with Gasteiger partial charge in [0.05, 0.1) is 10.7 Å². The largest absolute Gasteiger partial charge is 0.377 e. The minimum absolute atomic E-state index is 0.311. The second-order valence-electron chi connectivity index (χ2n) is 4.91. The molecule has 0 atom stereocenters. The minimum atomic E-state index is -0.311. The summed E-state index contributed by atoms with van der Waals surface area (Å²) < 4.78 is 13.6. The van der Waals surface area contributed by atoms with Gasteiger partial charge in [-0.1, -0.05) is 35.9 Å². The van der Waals surface area contributed by atoms with Gasteiger partial charge in [0.25, 0.3) is 0 Å². The van der Waals surface area contributed by atoms with Crippen LogP contribution in [0.25, 0.3) is 0 Å². The van der Waals surface area contributed by atoms with E-state index >= 15 is 0 Å². The minimum Gasteiger partial charge on any atom is -0.377 e. The van der Waals surface area contributed by atoms with Crippen LogP contribution in [0.5, 0.6) is 0 Å². The van der Waals surface area contributed by atoms with Crippen molar-refractivity contribution in [3.8, 4) is 0 Å². The summed E-state index contributed by atoms with van der Waals surface area (Å²) in [7, 11) is 0. The Kier molecular flexibility index (Phi) is 3.43. The molecular formula is C16H15ClFN. The van der Waals surface area contributed by atoms with Crippen molar-refractivity contribution in [2.24, 2.45) is 0 Å². The van der Waals surface area contributed by atoms with Crippen molar-refractivity contribution in [1.82, 2.24) is 0 Å². The standard InChI is InChI=1S/C16H15ClFN/c17-14-5-2-6-15(18)16(14)19-10-11-7-8-12-3-1-4-13(12)9-11/h2,5-9,19H,1,3-4,10H2. The zero-order chi connectivity index (χ0) is 13.2. The van der Waals surface area contributed by atoms with Crippen LogP contribution in [0.2, 0.25) is 5.02 Å². The number of aryl methyl sites for hydroxylation is 2. The summed E-state index contributed by atoms with van der Waals surface area (Å²) in [6, 6.07) is 11.2. The van der Waals surface area contributed by atoms with E-state index in [9.17, 15) is 4.39 Å². The Morgan fingerprint density at radius 1 is 1.11 bits per heavy atom. The maximum Gasteiger partial charge on any atom is 0.147 e. The Balaban J connectivity index is 1.76. The quantitative estimate of drug-likeness (QED) is 0.864. The van der Waals surface area contributed by atoms with E-state index in [2.05, 4.69) is 23.5 Å². The molecule has 2 aromatic rings. The molecule has 1 nitrogen and oxygen atoms in total. The molecule has 0 spiro atoms. The lowest BCUT2D eigenvalue weighted by atomic mass is 10.1. The Labute approximate surface area is 117 Å². The molecule has 0 fully saturated rings. The maximum absolute atomic E-state index is 13.6. The van der Waals surface area contributed by atoms with Crippen molar-refractivity contribution in [2.75, 3.05) is 5.32 Å². The van der Waals surface area contributed by atoms with Gasteiger partial charge in [0.2, 0.25) is 0 Å². The molecule has 98 valence electrons. The first kappa shape index (κ1) is 12.5. The average molecular weight is 276 g/mol. The van der Waals surface area contributed by atoms with E-state index in [1.807, 2.05) is 0 Å². The number of fused-ring (bicyclic) bond motifs is 1. The summed E-state index contributed by atoms with van der Waals surface area (Å²) in [5, 5.41) is 3.50. The number of hydrogen-bond donors (Lipinski definition) is 1. The molecule has 0 radical (unpaired) electrons. The Bertz CT molecular complexity index is 589. The van der Waals surface area contributed by atoms with Crippen LogP contribution in [0.3, 0.4) is 0 Å². The number of nitrogens with one attached hydrogen (secondary N) is 1. The van der Waals surface area contributed by atoms with Crippen LogP contribution in [0, 0.1) is 5.82 Å². The Morgan fingerprint density at radius 3 is 2.79 bits per heavy atom. The van der Waals surface area contributed by atoms with Crippen molar-refractivity contribution in [3.05, 3.63) is 63.9 Å². The molecule has 0 aliphatic heterocycles. The molecule has 0 saturated carbocycles. The summed E-state index contributed by atoms with van der Waals surface area (Å²) in [5.41, 5.74) is 4.43. The van der Waals surface area contributed by atoms with Gasteiger partial charge in [0, 0.05) is 6.54 Å². The molecule has 1 aliphatic rings. The zero-order valence-corrected chi connectivity index (χ0v) is 11.3. The predicted octanol–water partition coefficient (Wildman–Crippen LogP) is 4.58. The lowest BCUT2D eigenvalue weighted by Crippen LogP contribution is -2.02. The molecule has 0 bridgehead atoms. The van der Waals surface area contributed by atoms with Crippen molar-refractivity contribution in [3.63, 3.8) is 0 Å². The topological polar surface area (TPSA) is 12.0 Å². The summed E-state index contributed by atoms with van der Waals surface area (Å²) in [6.07, 6.45) is 3.58. The Morgan fingerprint density at radius 2 is 1.95 bits per heavy atom. The van der Waals surface area contributed by atoms with E-state index < -0.39 is 0 Å². The molecule has 0 amide bonds. The molecule has 19 heavy (non-hydrogen) atoms. The molecule has 1 N–H and O–H groups in total. The predicted molar refractivity (Wildman–Crippen MR) is 77.2 cm³/mol. The summed E-state index contributed by atoms with van der Waals surface area (Å²) in [4.78, 5) is 0. The second-order valence-corrected chi connectivity index (χ2v) is 5.31. The van der Waals surface area contributed by atoms with Gasteiger partial charge in [0.15, 0.2) is 0 Å². The average Bonchev–Trinajstić information content (AvgIpc) is 2.85. The van der Waals surface area contributed by atoms with Crippen molar-refractivity contribution in [2.45, 2.75) is 25.8 Å². The van der Waals surface area contributed by atoms with Crippen LogP contribution in [0.4, 0.5) is 10.1 Å². The van der Waals surface area contributed by atoms with Gasteiger partial charge in [0.1, 0.15) is 5.82 Å². The van der Waals surface area contributed by atoms with E-state index in [0.717, 1.165) is 6.42 Å². The third-order valence-electron chi connectivity index (χ3n) is 3.59. The zero-order valence-electron chi connectivity index (χ0n) is 10.5. The molecule has 3 rings (SSSR count). The van der Waals surface area contributed by atoms with Gasteiger partial charge >= 0.3 is 0 Å². The summed E-state index contributed by atoms with van der Waals surface area (Å²) in [6.45, 7) is 0.591. The molecule has 0 heterocycles. The van der Waals surface area contributed by atoms with Crippen LogP contribution in [-0.2, 0) is 19.4 Å². The van der Waals surface area contributed by atoms with Crippen LogP contribution >= 0.6 is 11.6 Å². The normalized spacial score (nSPS) is 13.4. The molecular weight excluding hydrogens is 261 g/mol. The first-order chi connectivity index (χ1) is 9.24. The fourth-order valence-electron chi connectivity index (χ4n) is 2.59. The van der Waals surface area contributed by atoms with Crippen LogP contribution in [-0.4, -0.2) is 0 Å². The van der Waals surface area contributed by atoms with Crippen molar-refractivity contribution in [1.29, 1.82) is 0 Å². The van der Waals surface area contributed by atoms with Gasteiger partial charge in [-0.25, -0.2) is 4.39 Å². The first-order valence-electron chi connectivity index (χ1n) is 6.52. The monoisotopic (exact) mass is 275 g/mol. The van der Waals surface area contributed by atoms with Gasteiger partial charge in [-0.05, 0) is 48.1 Å². The van der Waals surface area contributed by atoms with E-state index in [1.165, 1.54) is 35.6 Å². The van der Waals surface area contributed by atoms with E-state index in [4.69, 9.17) is 11.6 Å². The van der Waals surface area contributed by atoms with E-state index in [0.29, 0.717) is 17.3 Å². The van der Waals surface area contributed by atoms with Crippen LogP contribution in [0.15, 0.2) is 36.4 Å².